The molecule has 0 aliphatic heterocycles. The zero-order valence-electron chi connectivity index (χ0n) is 20.9. The highest BCUT2D eigenvalue weighted by Crippen LogP contribution is 2.37. The van der Waals surface area contributed by atoms with Gasteiger partial charge in [-0.3, -0.25) is 0 Å². The fraction of sp³-hybridized carbons (Fsp3) is 0.138. The van der Waals surface area contributed by atoms with Crippen LogP contribution < -0.4 is 0 Å². The van der Waals surface area contributed by atoms with Gasteiger partial charge in [-0.1, -0.05) is 36.4 Å². The summed E-state index contributed by atoms with van der Waals surface area (Å²) >= 11 is 0. The van der Waals surface area contributed by atoms with Gasteiger partial charge < -0.3 is 4.57 Å². The van der Waals surface area contributed by atoms with Crippen molar-refractivity contribution < 1.29 is 0 Å². The number of hydrogen-bond donors (Lipinski definition) is 0. The minimum atomic E-state index is 0.492. The first-order valence-corrected chi connectivity index (χ1v) is 11.9. The van der Waals surface area contributed by atoms with Gasteiger partial charge in [0.2, 0.25) is 0 Å². The van der Waals surface area contributed by atoms with Gasteiger partial charge in [-0.05, 0) is 52.0 Å². The van der Waals surface area contributed by atoms with Crippen molar-refractivity contribution in [3.05, 3.63) is 95.4 Å². The highest BCUT2D eigenvalue weighted by atomic mass is 15.0. The van der Waals surface area contributed by atoms with Gasteiger partial charge in [0, 0.05) is 27.6 Å². The standard InChI is InChI=1S/C29H22N8/c1-16-31-17(2)34-28(33-16)20-10-12-23-22-8-6-7-9-26(22)37(27(23)14-20)21-11-13-25(30-5)24(15-21)29-35-18(3)32-19(4)36-29/h6-15H,1-4H3. The van der Waals surface area contributed by atoms with Crippen molar-refractivity contribution in [3.8, 4) is 28.5 Å². The lowest BCUT2D eigenvalue weighted by molar-refractivity contribution is 0.928. The van der Waals surface area contributed by atoms with Gasteiger partial charge in [0.05, 0.1) is 17.6 Å². The number of aryl methyl sites for hydroxylation is 4. The van der Waals surface area contributed by atoms with Crippen LogP contribution in [0.3, 0.4) is 0 Å². The summed E-state index contributed by atoms with van der Waals surface area (Å²) in [5.74, 6) is 3.75. The topological polar surface area (TPSA) is 86.6 Å². The average Bonchev–Trinajstić information content (AvgIpc) is 3.21. The molecule has 0 bridgehead atoms. The molecule has 0 radical (unpaired) electrons. The maximum absolute atomic E-state index is 7.73. The molecule has 6 aromatic rings. The van der Waals surface area contributed by atoms with Crippen molar-refractivity contribution in [1.82, 2.24) is 34.5 Å². The number of rotatable bonds is 3. The monoisotopic (exact) mass is 482 g/mol. The van der Waals surface area contributed by atoms with Crippen LogP contribution in [0.15, 0.2) is 60.7 Å². The van der Waals surface area contributed by atoms with E-state index in [9.17, 15) is 0 Å². The van der Waals surface area contributed by atoms with E-state index in [0.717, 1.165) is 33.1 Å². The van der Waals surface area contributed by atoms with Crippen LogP contribution in [0, 0.1) is 34.3 Å². The van der Waals surface area contributed by atoms with Crippen LogP contribution in [0.25, 0.3) is 55.1 Å². The van der Waals surface area contributed by atoms with Crippen LogP contribution in [0.5, 0.6) is 0 Å². The molecule has 3 aromatic heterocycles. The van der Waals surface area contributed by atoms with E-state index in [-0.39, 0.29) is 0 Å². The van der Waals surface area contributed by atoms with E-state index < -0.39 is 0 Å². The predicted molar refractivity (Wildman–Crippen MR) is 144 cm³/mol. The summed E-state index contributed by atoms with van der Waals surface area (Å²) in [5.41, 5.74) is 5.05. The van der Waals surface area contributed by atoms with Gasteiger partial charge in [0.15, 0.2) is 17.3 Å². The highest BCUT2D eigenvalue weighted by Gasteiger charge is 2.17. The van der Waals surface area contributed by atoms with Crippen LogP contribution in [-0.2, 0) is 0 Å². The summed E-state index contributed by atoms with van der Waals surface area (Å²) < 4.78 is 2.20. The highest BCUT2D eigenvalue weighted by molar-refractivity contribution is 6.10. The minimum absolute atomic E-state index is 0.492. The van der Waals surface area contributed by atoms with E-state index in [2.05, 4.69) is 69.6 Å². The first kappa shape index (κ1) is 22.4. The van der Waals surface area contributed by atoms with Crippen LogP contribution in [0.1, 0.15) is 23.3 Å². The molecule has 0 N–H and O–H groups in total. The second-order valence-corrected chi connectivity index (χ2v) is 8.90. The van der Waals surface area contributed by atoms with E-state index >= 15 is 0 Å². The maximum Gasteiger partial charge on any atom is 0.198 e. The summed E-state index contributed by atoms with van der Waals surface area (Å²) in [6, 6.07) is 20.4. The van der Waals surface area contributed by atoms with Crippen molar-refractivity contribution in [1.29, 1.82) is 0 Å². The lowest BCUT2D eigenvalue weighted by Gasteiger charge is -2.12. The molecule has 0 fully saturated rings. The molecule has 0 aliphatic rings. The van der Waals surface area contributed by atoms with Gasteiger partial charge in [-0.15, -0.1) is 0 Å². The second-order valence-electron chi connectivity index (χ2n) is 8.90. The van der Waals surface area contributed by atoms with Gasteiger partial charge in [0.1, 0.15) is 23.3 Å². The van der Waals surface area contributed by atoms with Gasteiger partial charge in [0.25, 0.3) is 0 Å². The normalized spacial score (nSPS) is 11.2. The van der Waals surface area contributed by atoms with Crippen LogP contribution in [0.2, 0.25) is 0 Å². The number of aromatic nitrogens is 7. The van der Waals surface area contributed by atoms with Crippen LogP contribution in [-0.4, -0.2) is 34.5 Å². The zero-order chi connectivity index (χ0) is 25.7. The second kappa shape index (κ2) is 8.57. The van der Waals surface area contributed by atoms with Gasteiger partial charge in [-0.25, -0.2) is 34.7 Å². The molecule has 8 nitrogen and oxygen atoms in total. The molecule has 0 saturated carbocycles. The Bertz CT molecular complexity index is 1850. The summed E-state index contributed by atoms with van der Waals surface area (Å²) in [4.78, 5) is 30.6. The van der Waals surface area contributed by atoms with Crippen molar-refractivity contribution >= 4 is 27.5 Å². The fourth-order valence-corrected chi connectivity index (χ4v) is 4.81. The molecule has 3 heterocycles. The lowest BCUT2D eigenvalue weighted by Crippen LogP contribution is -2.01. The fourth-order valence-electron chi connectivity index (χ4n) is 4.81. The first-order chi connectivity index (χ1) is 17.9. The molecule has 0 aliphatic carbocycles. The number of fused-ring (bicyclic) bond motifs is 3. The number of nitrogens with zero attached hydrogens (tertiary/aromatic N) is 8. The molecule has 8 heteroatoms. The molecule has 3 aromatic carbocycles. The van der Waals surface area contributed by atoms with E-state index in [1.54, 1.807) is 0 Å². The third kappa shape index (κ3) is 3.87. The Hall–Kier alpha value is -5.03. The van der Waals surface area contributed by atoms with Gasteiger partial charge >= 0.3 is 0 Å². The predicted octanol–water partition coefficient (Wildman–Crippen LogP) is 6.27. The minimum Gasteiger partial charge on any atom is -0.309 e. The Morgan fingerprint density at radius 1 is 0.622 bits per heavy atom. The molecule has 0 amide bonds. The quantitative estimate of drug-likeness (QED) is 0.276. The van der Waals surface area contributed by atoms with Crippen molar-refractivity contribution in [2.24, 2.45) is 0 Å². The molecule has 0 unspecified atom stereocenters. The van der Waals surface area contributed by atoms with E-state index in [1.807, 2.05) is 58.0 Å². The van der Waals surface area contributed by atoms with Crippen LogP contribution >= 0.6 is 0 Å². The SMILES string of the molecule is [C-]#[N+]c1ccc(-n2c3ccccc3c3ccc(-c4nc(C)nc(C)n4)cc32)cc1-c1nc(C)nc(C)n1. The summed E-state index contributed by atoms with van der Waals surface area (Å²) in [5, 5.41) is 2.25. The number of benzene rings is 3. The first-order valence-electron chi connectivity index (χ1n) is 11.9. The molecular weight excluding hydrogens is 460 g/mol. The Morgan fingerprint density at radius 3 is 1.92 bits per heavy atom. The maximum atomic E-state index is 7.73. The van der Waals surface area contributed by atoms with Crippen LogP contribution in [0.4, 0.5) is 5.69 Å². The lowest BCUT2D eigenvalue weighted by atomic mass is 10.1. The molecular formula is C29H22N8. The van der Waals surface area contributed by atoms with Crippen molar-refractivity contribution in [2.75, 3.05) is 0 Å². The summed E-state index contributed by atoms with van der Waals surface area (Å²) in [6.07, 6.45) is 0. The molecule has 0 spiro atoms. The Morgan fingerprint density at radius 2 is 1.24 bits per heavy atom. The molecule has 37 heavy (non-hydrogen) atoms. The third-order valence-corrected chi connectivity index (χ3v) is 6.25. The van der Waals surface area contributed by atoms with Crippen molar-refractivity contribution in [2.45, 2.75) is 27.7 Å². The largest absolute Gasteiger partial charge is 0.309 e. The molecule has 0 atom stereocenters. The Labute approximate surface area is 213 Å². The average molecular weight is 483 g/mol. The number of hydrogen-bond acceptors (Lipinski definition) is 6. The smallest absolute Gasteiger partial charge is 0.198 e. The van der Waals surface area contributed by atoms with E-state index in [4.69, 9.17) is 6.57 Å². The molecule has 0 saturated heterocycles. The Kier molecular flexibility index (Phi) is 5.20. The van der Waals surface area contributed by atoms with Crippen molar-refractivity contribution in [3.63, 3.8) is 0 Å². The van der Waals surface area contributed by atoms with E-state index in [1.165, 1.54) is 0 Å². The zero-order valence-corrected chi connectivity index (χ0v) is 20.9. The molecule has 6 rings (SSSR count). The summed E-state index contributed by atoms with van der Waals surface area (Å²) in [7, 11) is 0. The van der Waals surface area contributed by atoms with E-state index in [0.29, 0.717) is 46.2 Å². The summed E-state index contributed by atoms with van der Waals surface area (Å²) in [6.45, 7) is 15.1. The Balaban J connectivity index is 1.64. The number of para-hydroxylation sites is 1. The molecule has 178 valence electrons. The van der Waals surface area contributed by atoms with Gasteiger partial charge in [-0.2, -0.15) is 0 Å². The third-order valence-electron chi connectivity index (χ3n) is 6.25.